The fourth-order valence-corrected chi connectivity index (χ4v) is 3.26. The Bertz CT molecular complexity index is 471. The number of carboxylic acids is 1. The van der Waals surface area contributed by atoms with Crippen LogP contribution in [0.25, 0.3) is 0 Å². The normalized spacial score (nSPS) is 18.1. The van der Waals surface area contributed by atoms with Crippen LogP contribution in [-0.4, -0.2) is 58.8 Å². The predicted octanol–water partition coefficient (Wildman–Crippen LogP) is 0.825. The third-order valence-electron chi connectivity index (χ3n) is 3.06. The third-order valence-corrected chi connectivity index (χ3v) is 4.46. The minimum Gasteiger partial charge on any atom is -0.478 e. The molecule has 6 heteroatoms. The molecule has 1 unspecified atom stereocenters. The summed E-state index contributed by atoms with van der Waals surface area (Å²) in [5.74, 6) is -0.583. The summed E-state index contributed by atoms with van der Waals surface area (Å²) in [7, 11) is -1.28. The van der Waals surface area contributed by atoms with Gasteiger partial charge in [0, 0.05) is 25.4 Å². The first-order valence-electron chi connectivity index (χ1n) is 6.19. The van der Waals surface area contributed by atoms with E-state index in [-0.39, 0.29) is 5.56 Å². The molecule has 1 atom stereocenters. The second-order valence-electron chi connectivity index (χ2n) is 4.30. The number of morpholine rings is 1. The molecule has 0 saturated carbocycles. The monoisotopic (exact) mass is 283 g/mol. The number of carboxylic acid groups (broad SMARTS) is 1. The molecule has 1 aliphatic rings. The Labute approximate surface area is 114 Å². The number of carbonyl (C=O) groups is 1. The zero-order valence-corrected chi connectivity index (χ0v) is 11.4. The molecule has 0 bridgehead atoms. The van der Waals surface area contributed by atoms with E-state index in [4.69, 9.17) is 9.84 Å². The van der Waals surface area contributed by atoms with Crippen molar-refractivity contribution in [3.8, 4) is 0 Å². The molecule has 19 heavy (non-hydrogen) atoms. The van der Waals surface area contributed by atoms with Crippen molar-refractivity contribution in [3.05, 3.63) is 29.8 Å². The second-order valence-corrected chi connectivity index (χ2v) is 5.84. The summed E-state index contributed by atoms with van der Waals surface area (Å²) < 4.78 is 17.4. The Balaban J connectivity index is 1.97. The van der Waals surface area contributed by atoms with E-state index in [0.717, 1.165) is 13.1 Å². The van der Waals surface area contributed by atoms with Gasteiger partial charge in [-0.05, 0) is 12.1 Å². The molecule has 1 N–H and O–H groups in total. The number of hydrogen-bond acceptors (Lipinski definition) is 4. The topological polar surface area (TPSA) is 66.8 Å². The number of aromatic carboxylic acids is 1. The molecule has 5 nitrogen and oxygen atoms in total. The highest BCUT2D eigenvalue weighted by atomic mass is 32.2. The first-order chi connectivity index (χ1) is 9.18. The van der Waals surface area contributed by atoms with E-state index in [0.29, 0.717) is 30.4 Å². The largest absolute Gasteiger partial charge is 0.478 e. The van der Waals surface area contributed by atoms with Gasteiger partial charge in [0.1, 0.15) is 0 Å². The van der Waals surface area contributed by atoms with Crippen molar-refractivity contribution >= 4 is 16.8 Å². The van der Waals surface area contributed by atoms with Crippen LogP contribution < -0.4 is 0 Å². The molecule has 0 radical (unpaired) electrons. The second kappa shape index (κ2) is 6.79. The van der Waals surface area contributed by atoms with Crippen molar-refractivity contribution in [3.63, 3.8) is 0 Å². The number of nitrogens with zero attached hydrogens (tertiary/aromatic N) is 1. The minimum absolute atomic E-state index is 0.128. The number of rotatable bonds is 5. The standard InChI is InChI=1S/C13H17NO4S/c15-13(16)11-3-1-2-4-12(11)19(17)10-7-14-5-8-18-9-6-14/h1-4H,5-10H2,(H,15,16). The highest BCUT2D eigenvalue weighted by Crippen LogP contribution is 2.14. The van der Waals surface area contributed by atoms with Crippen LogP contribution in [0.5, 0.6) is 0 Å². The van der Waals surface area contributed by atoms with Crippen LogP contribution in [0.1, 0.15) is 10.4 Å². The van der Waals surface area contributed by atoms with Gasteiger partial charge in [-0.3, -0.25) is 9.11 Å². The van der Waals surface area contributed by atoms with Gasteiger partial charge in [-0.15, -0.1) is 0 Å². The first-order valence-corrected chi connectivity index (χ1v) is 7.51. The molecule has 1 fully saturated rings. The molecule has 1 heterocycles. The van der Waals surface area contributed by atoms with Gasteiger partial charge in [0.15, 0.2) is 0 Å². The lowest BCUT2D eigenvalue weighted by molar-refractivity contribution is 0.0409. The number of ether oxygens (including phenoxy) is 1. The van der Waals surface area contributed by atoms with E-state index in [1.165, 1.54) is 6.07 Å². The zero-order valence-electron chi connectivity index (χ0n) is 10.6. The number of hydrogen-bond donors (Lipinski definition) is 1. The fraction of sp³-hybridized carbons (Fsp3) is 0.462. The molecule has 1 aromatic rings. The molecule has 0 aromatic heterocycles. The lowest BCUT2D eigenvalue weighted by Crippen LogP contribution is -2.38. The summed E-state index contributed by atoms with van der Waals surface area (Å²) in [6, 6.07) is 6.48. The van der Waals surface area contributed by atoms with E-state index in [1.807, 2.05) is 0 Å². The Morgan fingerprint density at radius 1 is 1.32 bits per heavy atom. The summed E-state index contributed by atoms with van der Waals surface area (Å²) in [5, 5.41) is 9.07. The quantitative estimate of drug-likeness (QED) is 0.867. The molecule has 0 amide bonds. The van der Waals surface area contributed by atoms with Crippen molar-refractivity contribution in [2.75, 3.05) is 38.6 Å². The van der Waals surface area contributed by atoms with Gasteiger partial charge in [0.25, 0.3) is 0 Å². The van der Waals surface area contributed by atoms with Crippen LogP contribution in [0.4, 0.5) is 0 Å². The molecular weight excluding hydrogens is 266 g/mol. The highest BCUT2D eigenvalue weighted by molar-refractivity contribution is 7.85. The van der Waals surface area contributed by atoms with Gasteiger partial charge in [-0.1, -0.05) is 12.1 Å². The van der Waals surface area contributed by atoms with Crippen molar-refractivity contribution < 1.29 is 18.8 Å². The molecule has 0 aliphatic carbocycles. The highest BCUT2D eigenvalue weighted by Gasteiger charge is 2.16. The van der Waals surface area contributed by atoms with E-state index in [2.05, 4.69) is 4.90 Å². The predicted molar refractivity (Wildman–Crippen MR) is 71.9 cm³/mol. The van der Waals surface area contributed by atoms with Crippen LogP contribution in [0, 0.1) is 0 Å². The maximum atomic E-state index is 12.2. The fourth-order valence-electron chi connectivity index (χ4n) is 1.99. The maximum Gasteiger partial charge on any atom is 0.336 e. The Morgan fingerprint density at radius 2 is 2.00 bits per heavy atom. The van der Waals surface area contributed by atoms with Crippen LogP contribution in [-0.2, 0) is 15.5 Å². The van der Waals surface area contributed by atoms with Crippen LogP contribution in [0.15, 0.2) is 29.2 Å². The SMILES string of the molecule is O=C(O)c1ccccc1S(=O)CCN1CCOCC1. The maximum absolute atomic E-state index is 12.2. The average Bonchev–Trinajstić information content (AvgIpc) is 2.46. The van der Waals surface area contributed by atoms with E-state index in [9.17, 15) is 9.00 Å². The van der Waals surface area contributed by atoms with Crippen molar-refractivity contribution in [2.45, 2.75) is 4.90 Å². The average molecular weight is 283 g/mol. The molecule has 1 saturated heterocycles. The summed E-state index contributed by atoms with van der Waals surface area (Å²) in [6.07, 6.45) is 0. The van der Waals surface area contributed by atoms with E-state index < -0.39 is 16.8 Å². The summed E-state index contributed by atoms with van der Waals surface area (Å²) >= 11 is 0. The zero-order chi connectivity index (χ0) is 13.7. The summed E-state index contributed by atoms with van der Waals surface area (Å²) in [5.41, 5.74) is 0.128. The van der Waals surface area contributed by atoms with Crippen LogP contribution in [0.3, 0.4) is 0 Å². The van der Waals surface area contributed by atoms with E-state index in [1.54, 1.807) is 18.2 Å². The lowest BCUT2D eigenvalue weighted by Gasteiger charge is -2.26. The minimum atomic E-state index is -1.28. The Morgan fingerprint density at radius 3 is 2.68 bits per heavy atom. The molecule has 0 spiro atoms. The van der Waals surface area contributed by atoms with Crippen molar-refractivity contribution in [1.82, 2.24) is 4.90 Å². The van der Waals surface area contributed by atoms with Gasteiger partial charge in [-0.2, -0.15) is 0 Å². The molecule has 1 aliphatic heterocycles. The third kappa shape index (κ3) is 3.86. The molecule has 1 aromatic carbocycles. The number of benzene rings is 1. The smallest absolute Gasteiger partial charge is 0.336 e. The van der Waals surface area contributed by atoms with Crippen molar-refractivity contribution in [1.29, 1.82) is 0 Å². The van der Waals surface area contributed by atoms with Gasteiger partial charge >= 0.3 is 5.97 Å². The van der Waals surface area contributed by atoms with Crippen LogP contribution in [0.2, 0.25) is 0 Å². The Kier molecular flexibility index (Phi) is 5.07. The summed E-state index contributed by atoms with van der Waals surface area (Å²) in [4.78, 5) is 13.7. The first kappa shape index (κ1) is 14.2. The van der Waals surface area contributed by atoms with Gasteiger partial charge in [0.05, 0.1) is 34.5 Å². The molecular formula is C13H17NO4S. The van der Waals surface area contributed by atoms with Crippen LogP contribution >= 0.6 is 0 Å². The Hall–Kier alpha value is -1.24. The summed E-state index contributed by atoms with van der Waals surface area (Å²) in [6.45, 7) is 3.80. The van der Waals surface area contributed by atoms with Crippen molar-refractivity contribution in [2.24, 2.45) is 0 Å². The van der Waals surface area contributed by atoms with E-state index >= 15 is 0 Å². The van der Waals surface area contributed by atoms with Gasteiger partial charge < -0.3 is 9.84 Å². The van der Waals surface area contributed by atoms with Gasteiger partial charge in [0.2, 0.25) is 0 Å². The lowest BCUT2D eigenvalue weighted by atomic mass is 10.2. The molecule has 2 rings (SSSR count). The van der Waals surface area contributed by atoms with Gasteiger partial charge in [-0.25, -0.2) is 4.79 Å². The molecule has 104 valence electrons.